The van der Waals surface area contributed by atoms with Crippen molar-refractivity contribution >= 4 is 57.7 Å². The van der Waals surface area contributed by atoms with Crippen molar-refractivity contribution in [1.29, 1.82) is 0 Å². The van der Waals surface area contributed by atoms with E-state index in [0.717, 1.165) is 6.42 Å². The minimum Gasteiger partial charge on any atom is -0.349 e. The van der Waals surface area contributed by atoms with Gasteiger partial charge in [-0.3, -0.25) is 14.6 Å². The zero-order valence-corrected chi connectivity index (χ0v) is 25.5. The van der Waals surface area contributed by atoms with Crippen molar-refractivity contribution in [2.45, 2.75) is 43.2 Å². The Morgan fingerprint density at radius 1 is 1.20 bits per heavy atom. The monoisotopic (exact) mass is 631 g/mol. The van der Waals surface area contributed by atoms with Crippen molar-refractivity contribution in [2.24, 2.45) is 0 Å². The summed E-state index contributed by atoms with van der Waals surface area (Å²) in [5.41, 5.74) is 1.04. The first-order valence-corrected chi connectivity index (χ1v) is 15.6. The number of hydrogen-bond acceptors (Lipinski definition) is 8. The van der Waals surface area contributed by atoms with Crippen LogP contribution in [0.4, 0.5) is 15.9 Å². The predicted octanol–water partition coefficient (Wildman–Crippen LogP) is 4.78. The number of carbonyl (C=O) groups is 2. The van der Waals surface area contributed by atoms with Crippen LogP contribution in [0.1, 0.15) is 31.9 Å². The van der Waals surface area contributed by atoms with E-state index in [9.17, 15) is 14.4 Å². The fourth-order valence-electron chi connectivity index (χ4n) is 6.15. The maximum absolute atomic E-state index is 15.5. The maximum Gasteiger partial charge on any atom is 0.355 e. The van der Waals surface area contributed by atoms with Crippen LogP contribution in [0.2, 0.25) is 5.02 Å². The summed E-state index contributed by atoms with van der Waals surface area (Å²) in [5, 5.41) is 3.44. The quantitative estimate of drug-likeness (QED) is 0.322. The second kappa shape index (κ2) is 10.7. The molecule has 2 fully saturated rings. The number of carbonyl (C=O) groups excluding carboxylic acids is 2. The molecule has 0 radical (unpaired) electrons. The van der Waals surface area contributed by atoms with Crippen molar-refractivity contribution in [2.75, 3.05) is 29.1 Å². The summed E-state index contributed by atoms with van der Waals surface area (Å²) in [4.78, 5) is 58.2. The molecule has 3 aliphatic rings. The first kappa shape index (κ1) is 28.5. The van der Waals surface area contributed by atoms with Crippen LogP contribution in [0.25, 0.3) is 28.0 Å². The van der Waals surface area contributed by atoms with E-state index < -0.39 is 11.5 Å². The lowest BCUT2D eigenvalue weighted by molar-refractivity contribution is -0.126. The summed E-state index contributed by atoms with van der Waals surface area (Å²) in [6.45, 7) is 8.43. The molecular weight excluding hydrogens is 605 g/mol. The van der Waals surface area contributed by atoms with E-state index in [2.05, 4.69) is 21.9 Å². The van der Waals surface area contributed by atoms with Gasteiger partial charge in [0.2, 0.25) is 11.8 Å². The van der Waals surface area contributed by atoms with Crippen LogP contribution in [0.5, 0.6) is 0 Å². The Labute approximate surface area is 260 Å². The molecule has 1 saturated carbocycles. The lowest BCUT2D eigenvalue weighted by Crippen LogP contribution is -2.49. The van der Waals surface area contributed by atoms with Gasteiger partial charge >= 0.3 is 5.69 Å². The molecule has 5 heterocycles. The molecular formula is C31H27ClFN7O3S. The van der Waals surface area contributed by atoms with Gasteiger partial charge in [-0.15, -0.1) is 11.8 Å². The summed E-state index contributed by atoms with van der Waals surface area (Å²) >= 11 is 8.11. The van der Waals surface area contributed by atoms with Crippen LogP contribution < -0.4 is 15.9 Å². The minimum atomic E-state index is -0.627. The Bertz CT molecular complexity index is 1970. The molecule has 0 spiro atoms. The average molecular weight is 632 g/mol. The van der Waals surface area contributed by atoms with Crippen molar-refractivity contribution in [3.63, 3.8) is 0 Å². The number of nitrogens with one attached hydrogen (secondary N) is 1. The summed E-state index contributed by atoms with van der Waals surface area (Å²) in [6.07, 6.45) is 3.69. The Morgan fingerprint density at radius 2 is 2.02 bits per heavy atom. The molecule has 2 bridgehead atoms. The number of nitrogens with zero attached hydrogens (tertiary/aromatic N) is 6. The number of hydrogen-bond donors (Lipinski definition) is 1. The van der Waals surface area contributed by atoms with Crippen molar-refractivity contribution in [1.82, 2.24) is 24.4 Å². The van der Waals surface area contributed by atoms with Gasteiger partial charge in [-0.25, -0.2) is 18.7 Å². The standard InChI is InChI=1S/C31H27ClFN7O3S/c1-4-24(42)38-10-11-39(21-13-20(21)38)29-16-12-17(32)27-25-18(33)6-5-7-19(25)35-23(41)14-44-22-8-9-34-26(15(2)3)28(22)40(30(16)36-27)31(43)37-29/h4-9,12,15,20-21H,1,10-11,13-14H2,2-3H3,(H,35,41)/t20-,21?/m1/s1. The molecule has 1 aliphatic carbocycles. The molecule has 44 heavy (non-hydrogen) atoms. The summed E-state index contributed by atoms with van der Waals surface area (Å²) in [5.74, 6) is -0.808. The normalized spacial score (nSPS) is 19.1. The lowest BCUT2D eigenvalue weighted by Gasteiger charge is -2.35. The number of amides is 2. The molecule has 1 aromatic carbocycles. The van der Waals surface area contributed by atoms with E-state index in [1.54, 1.807) is 29.3 Å². The Hall–Kier alpha value is -4.29. The molecule has 2 aliphatic heterocycles. The third-order valence-corrected chi connectivity index (χ3v) is 9.54. The van der Waals surface area contributed by atoms with Crippen LogP contribution in [-0.2, 0) is 9.59 Å². The second-order valence-electron chi connectivity index (χ2n) is 11.2. The van der Waals surface area contributed by atoms with Gasteiger partial charge in [0.25, 0.3) is 0 Å². The van der Waals surface area contributed by atoms with Crippen LogP contribution in [-0.4, -0.2) is 67.2 Å². The van der Waals surface area contributed by atoms with Crippen molar-refractivity contribution in [3.8, 4) is 16.9 Å². The molecule has 13 heteroatoms. The molecule has 1 N–H and O–H groups in total. The van der Waals surface area contributed by atoms with Gasteiger partial charge in [0.15, 0.2) is 5.65 Å². The molecule has 224 valence electrons. The molecule has 3 aromatic heterocycles. The molecule has 7 rings (SSSR count). The van der Waals surface area contributed by atoms with Gasteiger partial charge in [-0.05, 0) is 42.7 Å². The molecule has 1 saturated heterocycles. The Kier molecular flexibility index (Phi) is 6.93. The van der Waals surface area contributed by atoms with Gasteiger partial charge in [0.1, 0.15) is 11.6 Å². The molecule has 4 aromatic rings. The fourth-order valence-corrected chi connectivity index (χ4v) is 7.25. The number of piperazine rings is 1. The molecule has 10 nitrogen and oxygen atoms in total. The number of pyridine rings is 2. The van der Waals surface area contributed by atoms with Gasteiger partial charge < -0.3 is 15.1 Å². The number of aromatic nitrogens is 4. The number of anilines is 2. The highest BCUT2D eigenvalue weighted by atomic mass is 35.5. The summed E-state index contributed by atoms with van der Waals surface area (Å²) in [6, 6.07) is 7.71. The van der Waals surface area contributed by atoms with E-state index >= 15 is 4.39 Å². The van der Waals surface area contributed by atoms with Crippen LogP contribution in [0.3, 0.4) is 0 Å². The number of halogens is 2. The van der Waals surface area contributed by atoms with Gasteiger partial charge in [0, 0.05) is 24.2 Å². The molecule has 1 unspecified atom stereocenters. The van der Waals surface area contributed by atoms with Crippen LogP contribution in [0.15, 0.2) is 58.9 Å². The van der Waals surface area contributed by atoms with Gasteiger partial charge in [-0.2, -0.15) is 4.98 Å². The van der Waals surface area contributed by atoms with E-state index in [0.29, 0.717) is 40.6 Å². The van der Waals surface area contributed by atoms with Gasteiger partial charge in [-0.1, -0.05) is 38.1 Å². The minimum absolute atomic E-state index is 0.000221. The van der Waals surface area contributed by atoms with Crippen molar-refractivity contribution < 1.29 is 14.0 Å². The lowest BCUT2D eigenvalue weighted by atomic mass is 10.1. The molecule has 2 amide bonds. The first-order chi connectivity index (χ1) is 21.2. The number of fused-ring (bicyclic) bond motifs is 6. The van der Waals surface area contributed by atoms with E-state index in [1.165, 1.54) is 34.5 Å². The Balaban J connectivity index is 1.54. The highest BCUT2D eigenvalue weighted by Crippen LogP contribution is 2.43. The number of thioether (sulfide) groups is 1. The largest absolute Gasteiger partial charge is 0.355 e. The SMILES string of the molecule is C=CC(=O)N1CCN(c2nc(=O)n3c4nc(c(Cl)cc24)-c2c(F)cccc2NC(=O)CSc2ccnc(C(C)C)c2-3)C2C[C@H]21. The zero-order chi connectivity index (χ0) is 30.9. The fraction of sp³-hybridized carbons (Fsp3) is 0.290. The van der Waals surface area contributed by atoms with Gasteiger partial charge in [0.05, 0.1) is 56.6 Å². The zero-order valence-electron chi connectivity index (χ0n) is 23.9. The predicted molar refractivity (Wildman–Crippen MR) is 168 cm³/mol. The Morgan fingerprint density at radius 3 is 2.80 bits per heavy atom. The van der Waals surface area contributed by atoms with Crippen molar-refractivity contribution in [3.05, 3.63) is 76.2 Å². The van der Waals surface area contributed by atoms with E-state index in [4.69, 9.17) is 16.6 Å². The highest BCUT2D eigenvalue weighted by Gasteiger charge is 2.51. The summed E-state index contributed by atoms with van der Waals surface area (Å²) < 4.78 is 16.9. The average Bonchev–Trinajstić information content (AvgIpc) is 3.80. The second-order valence-corrected chi connectivity index (χ2v) is 12.7. The number of rotatable bonds is 3. The van der Waals surface area contributed by atoms with Crippen LogP contribution in [0, 0.1) is 5.82 Å². The van der Waals surface area contributed by atoms with E-state index in [-0.39, 0.29) is 63.2 Å². The highest BCUT2D eigenvalue weighted by molar-refractivity contribution is 8.00. The third kappa shape index (κ3) is 4.55. The number of benzene rings is 1. The van der Waals surface area contributed by atoms with Crippen LogP contribution >= 0.6 is 23.4 Å². The smallest absolute Gasteiger partial charge is 0.349 e. The molecule has 2 atom stereocenters. The topological polar surface area (TPSA) is 113 Å². The third-order valence-electron chi connectivity index (χ3n) is 8.21. The van der Waals surface area contributed by atoms with E-state index in [1.807, 2.05) is 18.7 Å². The first-order valence-electron chi connectivity index (χ1n) is 14.2. The maximum atomic E-state index is 15.5. The summed E-state index contributed by atoms with van der Waals surface area (Å²) in [7, 11) is 0.